The first-order valence-electron chi connectivity index (χ1n) is 8.62. The molecule has 0 fully saturated rings. The molecule has 1 aliphatic rings. The maximum absolute atomic E-state index is 12.6. The van der Waals surface area contributed by atoms with Crippen LogP contribution in [0.3, 0.4) is 0 Å². The zero-order valence-corrected chi connectivity index (χ0v) is 18.9. The SMILES string of the molecule is CC(C(=O)OCC(=O)N(C)Cc1ccc(Cl)s1)N1C(=O)c2cc(Cl)c(Cl)cc2C1=O. The Morgan fingerprint density at radius 1 is 1.10 bits per heavy atom. The summed E-state index contributed by atoms with van der Waals surface area (Å²) >= 11 is 19.0. The third-order valence-corrected chi connectivity index (χ3v) is 6.41. The molecule has 2 heterocycles. The molecule has 30 heavy (non-hydrogen) atoms. The Morgan fingerprint density at radius 3 is 2.17 bits per heavy atom. The van der Waals surface area contributed by atoms with Gasteiger partial charge >= 0.3 is 5.97 Å². The Bertz CT molecular complexity index is 1010. The lowest BCUT2D eigenvalue weighted by atomic mass is 10.1. The molecule has 0 N–H and O–H groups in total. The van der Waals surface area contributed by atoms with Crippen LogP contribution in [0.5, 0.6) is 0 Å². The Balaban J connectivity index is 1.61. The van der Waals surface area contributed by atoms with Gasteiger partial charge in [-0.25, -0.2) is 4.79 Å². The highest BCUT2D eigenvalue weighted by molar-refractivity contribution is 7.16. The zero-order chi connectivity index (χ0) is 22.2. The summed E-state index contributed by atoms with van der Waals surface area (Å²) in [5.74, 6) is -2.70. The summed E-state index contributed by atoms with van der Waals surface area (Å²) in [5, 5.41) is 0.239. The summed E-state index contributed by atoms with van der Waals surface area (Å²) in [6, 6.07) is 4.86. The number of thiophene rings is 1. The van der Waals surface area contributed by atoms with Crippen molar-refractivity contribution in [2.24, 2.45) is 0 Å². The van der Waals surface area contributed by atoms with E-state index in [0.29, 0.717) is 10.9 Å². The molecule has 3 rings (SSSR count). The molecular weight excluding hydrogens is 475 g/mol. The number of hydrogen-bond donors (Lipinski definition) is 0. The number of carbonyl (C=O) groups excluding carboxylic acids is 4. The van der Waals surface area contributed by atoms with Gasteiger partial charge in [-0.15, -0.1) is 11.3 Å². The largest absolute Gasteiger partial charge is 0.454 e. The molecule has 0 radical (unpaired) electrons. The van der Waals surface area contributed by atoms with Gasteiger partial charge in [0.25, 0.3) is 17.7 Å². The first-order valence-corrected chi connectivity index (χ1v) is 10.6. The van der Waals surface area contributed by atoms with Crippen molar-refractivity contribution in [3.8, 4) is 0 Å². The van der Waals surface area contributed by atoms with Gasteiger partial charge in [0.1, 0.15) is 6.04 Å². The van der Waals surface area contributed by atoms with E-state index in [9.17, 15) is 19.2 Å². The molecule has 1 aromatic carbocycles. The van der Waals surface area contributed by atoms with Crippen molar-refractivity contribution in [1.82, 2.24) is 9.80 Å². The number of rotatable bonds is 6. The van der Waals surface area contributed by atoms with Crippen molar-refractivity contribution < 1.29 is 23.9 Å². The Hall–Kier alpha value is -2.13. The van der Waals surface area contributed by atoms with Crippen LogP contribution in [0.4, 0.5) is 0 Å². The molecule has 3 amide bonds. The van der Waals surface area contributed by atoms with Crippen LogP contribution >= 0.6 is 46.1 Å². The average Bonchev–Trinajstić information content (AvgIpc) is 3.20. The summed E-state index contributed by atoms with van der Waals surface area (Å²) in [4.78, 5) is 52.8. The molecule has 7 nitrogen and oxygen atoms in total. The highest BCUT2D eigenvalue weighted by Gasteiger charge is 2.42. The number of ether oxygens (including phenoxy) is 1. The van der Waals surface area contributed by atoms with E-state index in [1.165, 1.54) is 35.3 Å². The number of halogens is 3. The van der Waals surface area contributed by atoms with Gasteiger partial charge < -0.3 is 9.64 Å². The fourth-order valence-corrected chi connectivity index (χ4v) is 4.30. The van der Waals surface area contributed by atoms with Gasteiger partial charge in [-0.2, -0.15) is 0 Å². The molecule has 1 aliphatic heterocycles. The van der Waals surface area contributed by atoms with Crippen molar-refractivity contribution in [2.75, 3.05) is 13.7 Å². The van der Waals surface area contributed by atoms with Crippen molar-refractivity contribution in [3.63, 3.8) is 0 Å². The monoisotopic (exact) mass is 488 g/mol. The van der Waals surface area contributed by atoms with Crippen LogP contribution in [-0.4, -0.2) is 53.2 Å². The minimum Gasteiger partial charge on any atom is -0.454 e. The third kappa shape index (κ3) is 4.46. The van der Waals surface area contributed by atoms with E-state index in [-0.39, 0.29) is 21.2 Å². The highest BCUT2D eigenvalue weighted by atomic mass is 35.5. The minimum atomic E-state index is -1.23. The predicted octanol–water partition coefficient (Wildman–Crippen LogP) is 3.89. The molecule has 1 aromatic heterocycles. The van der Waals surface area contributed by atoms with Gasteiger partial charge in [0.15, 0.2) is 6.61 Å². The Morgan fingerprint density at radius 2 is 1.67 bits per heavy atom. The van der Waals surface area contributed by atoms with Crippen molar-refractivity contribution in [1.29, 1.82) is 0 Å². The molecule has 0 saturated carbocycles. The number of carbonyl (C=O) groups is 4. The first-order chi connectivity index (χ1) is 14.1. The number of imide groups is 1. The topological polar surface area (TPSA) is 84.0 Å². The standard InChI is InChI=1S/C19H15Cl3N2O5S/c1-9(24-17(26)11-5-13(20)14(21)6-12(11)18(24)27)19(28)29-8-16(25)23(2)7-10-3-4-15(22)30-10/h3-6,9H,7-8H2,1-2H3. The Kier molecular flexibility index (Phi) is 6.71. The van der Waals surface area contributed by atoms with Crippen LogP contribution in [0.15, 0.2) is 24.3 Å². The quantitative estimate of drug-likeness (QED) is 0.454. The first kappa shape index (κ1) is 22.6. The molecule has 0 saturated heterocycles. The highest BCUT2D eigenvalue weighted by Crippen LogP contribution is 2.32. The number of esters is 1. The van der Waals surface area contributed by atoms with E-state index < -0.39 is 36.3 Å². The molecule has 1 atom stereocenters. The van der Waals surface area contributed by atoms with Crippen LogP contribution in [0.1, 0.15) is 32.5 Å². The summed E-state index contributed by atoms with van der Waals surface area (Å²) in [7, 11) is 1.56. The summed E-state index contributed by atoms with van der Waals surface area (Å²) < 4.78 is 5.64. The van der Waals surface area contributed by atoms with Gasteiger partial charge in [0, 0.05) is 11.9 Å². The smallest absolute Gasteiger partial charge is 0.329 e. The Labute approximate surface area is 191 Å². The lowest BCUT2D eigenvalue weighted by molar-refractivity contribution is -0.154. The van der Waals surface area contributed by atoms with Crippen molar-refractivity contribution >= 4 is 69.8 Å². The number of hydrogen-bond acceptors (Lipinski definition) is 6. The fourth-order valence-electron chi connectivity index (χ4n) is 2.83. The van der Waals surface area contributed by atoms with Gasteiger partial charge in [-0.05, 0) is 31.2 Å². The summed E-state index contributed by atoms with van der Waals surface area (Å²) in [5.41, 5.74) is 0.110. The molecule has 11 heteroatoms. The third-order valence-electron chi connectivity index (χ3n) is 4.47. The van der Waals surface area contributed by atoms with E-state index in [2.05, 4.69) is 0 Å². The number of likely N-dealkylation sites (N-methyl/N-ethyl adjacent to an activating group) is 1. The number of nitrogens with zero attached hydrogens (tertiary/aromatic N) is 2. The zero-order valence-electron chi connectivity index (χ0n) is 15.8. The number of fused-ring (bicyclic) bond motifs is 1. The van der Waals surface area contributed by atoms with Crippen LogP contribution in [0.25, 0.3) is 0 Å². The molecule has 1 unspecified atom stereocenters. The molecule has 0 aliphatic carbocycles. The lowest BCUT2D eigenvalue weighted by Gasteiger charge is -2.21. The van der Waals surface area contributed by atoms with E-state index in [1.807, 2.05) is 0 Å². The molecule has 0 spiro atoms. The van der Waals surface area contributed by atoms with Gasteiger partial charge in [0.2, 0.25) is 0 Å². The van der Waals surface area contributed by atoms with Crippen LogP contribution < -0.4 is 0 Å². The van der Waals surface area contributed by atoms with Crippen LogP contribution in [-0.2, 0) is 20.9 Å². The van der Waals surface area contributed by atoms with Crippen molar-refractivity contribution in [3.05, 3.63) is 54.7 Å². The van der Waals surface area contributed by atoms with E-state index in [0.717, 1.165) is 9.78 Å². The second-order valence-electron chi connectivity index (χ2n) is 6.53. The fraction of sp³-hybridized carbons (Fsp3) is 0.263. The van der Waals surface area contributed by atoms with E-state index in [1.54, 1.807) is 19.2 Å². The predicted molar refractivity (Wildman–Crippen MR) is 113 cm³/mol. The normalized spacial score (nSPS) is 14.0. The number of benzene rings is 1. The van der Waals surface area contributed by atoms with E-state index >= 15 is 0 Å². The maximum atomic E-state index is 12.6. The van der Waals surface area contributed by atoms with Gasteiger partial charge in [-0.3, -0.25) is 19.3 Å². The molecule has 0 bridgehead atoms. The van der Waals surface area contributed by atoms with E-state index in [4.69, 9.17) is 39.5 Å². The maximum Gasteiger partial charge on any atom is 0.329 e. The van der Waals surface area contributed by atoms with Crippen LogP contribution in [0.2, 0.25) is 14.4 Å². The average molecular weight is 490 g/mol. The molecular formula is C19H15Cl3N2O5S. The lowest BCUT2D eigenvalue weighted by Crippen LogP contribution is -2.44. The molecule has 2 aromatic rings. The van der Waals surface area contributed by atoms with Crippen LogP contribution in [0, 0.1) is 0 Å². The van der Waals surface area contributed by atoms with Crippen molar-refractivity contribution in [2.45, 2.75) is 19.5 Å². The van der Waals surface area contributed by atoms with Gasteiger partial charge in [-0.1, -0.05) is 34.8 Å². The number of amides is 3. The summed E-state index contributed by atoms with van der Waals surface area (Å²) in [6.07, 6.45) is 0. The second kappa shape index (κ2) is 8.93. The summed E-state index contributed by atoms with van der Waals surface area (Å²) in [6.45, 7) is 1.12. The second-order valence-corrected chi connectivity index (χ2v) is 9.15. The minimum absolute atomic E-state index is 0.0551. The van der Waals surface area contributed by atoms with Gasteiger partial charge in [0.05, 0.1) is 32.1 Å². The molecule has 158 valence electrons.